The Morgan fingerprint density at radius 3 is 2.93 bits per heavy atom. The number of hydrogen-bond donors (Lipinski definition) is 0. The zero-order chi connectivity index (χ0) is 9.97. The van der Waals surface area contributed by atoms with Gasteiger partial charge in [-0.3, -0.25) is 4.68 Å². The van der Waals surface area contributed by atoms with Crippen LogP contribution >= 0.6 is 0 Å². The molecule has 0 aliphatic rings. The smallest absolute Gasteiger partial charge is 0.216 e. The molecular weight excluding hydrogens is 180 g/mol. The van der Waals surface area contributed by atoms with Crippen molar-refractivity contribution in [1.82, 2.24) is 19.7 Å². The van der Waals surface area contributed by atoms with Gasteiger partial charge in [-0.1, -0.05) is 0 Å². The number of rotatable bonds is 2. The molecule has 5 nitrogen and oxygen atoms in total. The van der Waals surface area contributed by atoms with E-state index in [0.29, 0.717) is 11.7 Å². The molecule has 0 saturated heterocycles. The molecule has 14 heavy (non-hydrogen) atoms. The molecule has 72 valence electrons. The molecule has 0 aliphatic carbocycles. The van der Waals surface area contributed by atoms with Crippen molar-refractivity contribution in [2.45, 2.75) is 0 Å². The van der Waals surface area contributed by atoms with Crippen LogP contribution in [0.1, 0.15) is 0 Å². The predicted octanol–water partition coefficient (Wildman–Crippen LogP) is 0.886. The maximum atomic E-state index is 5.00. The first-order chi connectivity index (χ1) is 6.79. The van der Waals surface area contributed by atoms with Crippen LogP contribution in [0.25, 0.3) is 11.4 Å². The third kappa shape index (κ3) is 1.56. The van der Waals surface area contributed by atoms with Gasteiger partial charge in [0.05, 0.1) is 18.9 Å². The molecule has 0 saturated carbocycles. The Morgan fingerprint density at radius 1 is 1.43 bits per heavy atom. The molecule has 0 aliphatic heterocycles. The molecule has 0 N–H and O–H groups in total. The molecule has 0 atom stereocenters. The molecule has 0 fully saturated rings. The number of methoxy groups -OCH3 is 1. The van der Waals surface area contributed by atoms with Crippen molar-refractivity contribution in [3.05, 3.63) is 24.7 Å². The van der Waals surface area contributed by atoms with Gasteiger partial charge >= 0.3 is 0 Å². The van der Waals surface area contributed by atoms with Crippen LogP contribution < -0.4 is 4.74 Å². The fraction of sp³-hybridized carbons (Fsp3) is 0.222. The lowest BCUT2D eigenvalue weighted by atomic mass is 10.3. The third-order valence-electron chi connectivity index (χ3n) is 1.80. The zero-order valence-corrected chi connectivity index (χ0v) is 8.01. The standard InChI is InChI=1S/C9H10N4O/c1-13-6-7(5-11-13)9-10-4-3-8(12-9)14-2/h3-6H,1-2H3. The average Bonchev–Trinajstić information content (AvgIpc) is 2.65. The second-order valence-electron chi connectivity index (χ2n) is 2.83. The summed E-state index contributed by atoms with van der Waals surface area (Å²) in [4.78, 5) is 8.31. The van der Waals surface area contributed by atoms with Crippen LogP contribution in [0, 0.1) is 0 Å². The van der Waals surface area contributed by atoms with Crippen molar-refractivity contribution in [2.75, 3.05) is 7.11 Å². The lowest BCUT2D eigenvalue weighted by Crippen LogP contribution is -1.91. The van der Waals surface area contributed by atoms with Crippen LogP contribution in [0.15, 0.2) is 24.7 Å². The lowest BCUT2D eigenvalue weighted by Gasteiger charge is -1.99. The Labute approximate surface area is 81.4 Å². The molecule has 0 amide bonds. The maximum Gasteiger partial charge on any atom is 0.216 e. The molecule has 0 bridgehead atoms. The highest BCUT2D eigenvalue weighted by atomic mass is 16.5. The van der Waals surface area contributed by atoms with E-state index >= 15 is 0 Å². The fourth-order valence-corrected chi connectivity index (χ4v) is 1.13. The molecule has 2 aromatic heterocycles. The van der Waals surface area contributed by atoms with Crippen molar-refractivity contribution >= 4 is 0 Å². The van der Waals surface area contributed by atoms with Crippen molar-refractivity contribution < 1.29 is 4.74 Å². The Hall–Kier alpha value is -1.91. The van der Waals surface area contributed by atoms with Gasteiger partial charge in [-0.05, 0) is 0 Å². The first-order valence-electron chi connectivity index (χ1n) is 4.15. The summed E-state index contributed by atoms with van der Waals surface area (Å²) in [6.45, 7) is 0. The minimum Gasteiger partial charge on any atom is -0.481 e. The van der Waals surface area contributed by atoms with Crippen LogP contribution in [0.5, 0.6) is 5.88 Å². The van der Waals surface area contributed by atoms with Crippen LogP contribution in [0.2, 0.25) is 0 Å². The molecule has 0 spiro atoms. The molecule has 5 heteroatoms. The van der Waals surface area contributed by atoms with Gasteiger partial charge in [-0.15, -0.1) is 0 Å². The van der Waals surface area contributed by atoms with Gasteiger partial charge in [-0.25, -0.2) is 4.98 Å². The monoisotopic (exact) mass is 190 g/mol. The van der Waals surface area contributed by atoms with Crippen molar-refractivity contribution in [1.29, 1.82) is 0 Å². The summed E-state index contributed by atoms with van der Waals surface area (Å²) in [5, 5.41) is 4.04. The van der Waals surface area contributed by atoms with E-state index in [-0.39, 0.29) is 0 Å². The van der Waals surface area contributed by atoms with Crippen LogP contribution in [-0.2, 0) is 7.05 Å². The van der Waals surface area contributed by atoms with Crippen molar-refractivity contribution in [2.24, 2.45) is 7.05 Å². The summed E-state index contributed by atoms with van der Waals surface area (Å²) in [5.41, 5.74) is 0.881. The van der Waals surface area contributed by atoms with E-state index in [1.165, 1.54) is 0 Å². The highest BCUT2D eigenvalue weighted by Crippen LogP contribution is 2.15. The molecule has 2 rings (SSSR count). The summed E-state index contributed by atoms with van der Waals surface area (Å²) in [7, 11) is 3.43. The molecular formula is C9H10N4O. The van der Waals surface area contributed by atoms with Gasteiger partial charge in [0.1, 0.15) is 0 Å². The van der Waals surface area contributed by atoms with E-state index in [2.05, 4.69) is 15.1 Å². The van der Waals surface area contributed by atoms with Crippen LogP contribution in [0.4, 0.5) is 0 Å². The zero-order valence-electron chi connectivity index (χ0n) is 8.01. The molecule has 0 radical (unpaired) electrons. The van der Waals surface area contributed by atoms with Gasteiger partial charge in [0, 0.05) is 25.5 Å². The Balaban J connectivity index is 2.41. The number of aryl methyl sites for hydroxylation is 1. The highest BCUT2D eigenvalue weighted by molar-refractivity contribution is 5.52. The minimum atomic E-state index is 0.554. The number of aromatic nitrogens is 4. The van der Waals surface area contributed by atoms with E-state index in [1.54, 1.807) is 30.3 Å². The van der Waals surface area contributed by atoms with E-state index < -0.39 is 0 Å². The van der Waals surface area contributed by atoms with Crippen molar-refractivity contribution in [3.63, 3.8) is 0 Å². The molecule has 2 aromatic rings. The SMILES string of the molecule is COc1ccnc(-c2cnn(C)c2)n1. The van der Waals surface area contributed by atoms with Gasteiger partial charge < -0.3 is 4.74 Å². The van der Waals surface area contributed by atoms with E-state index in [4.69, 9.17) is 4.74 Å². The molecule has 0 unspecified atom stereocenters. The second kappa shape index (κ2) is 3.45. The Kier molecular flexibility index (Phi) is 2.14. The average molecular weight is 190 g/mol. The largest absolute Gasteiger partial charge is 0.481 e. The van der Waals surface area contributed by atoms with Gasteiger partial charge in [0.25, 0.3) is 0 Å². The number of hydrogen-bond acceptors (Lipinski definition) is 4. The quantitative estimate of drug-likeness (QED) is 0.705. The first-order valence-corrected chi connectivity index (χ1v) is 4.15. The fourth-order valence-electron chi connectivity index (χ4n) is 1.13. The van der Waals surface area contributed by atoms with E-state index in [9.17, 15) is 0 Å². The maximum absolute atomic E-state index is 5.00. The van der Waals surface area contributed by atoms with Crippen molar-refractivity contribution in [3.8, 4) is 17.3 Å². The first kappa shape index (κ1) is 8.68. The summed E-state index contributed by atoms with van der Waals surface area (Å²) in [5.74, 6) is 1.18. The van der Waals surface area contributed by atoms with E-state index in [1.807, 2.05) is 13.2 Å². The van der Waals surface area contributed by atoms with Crippen LogP contribution in [0.3, 0.4) is 0 Å². The summed E-state index contributed by atoms with van der Waals surface area (Å²) in [6, 6.07) is 1.71. The Bertz CT molecular complexity index is 438. The normalized spacial score (nSPS) is 10.1. The van der Waals surface area contributed by atoms with Gasteiger partial charge in [0.15, 0.2) is 5.82 Å². The third-order valence-corrected chi connectivity index (χ3v) is 1.80. The molecule has 2 heterocycles. The van der Waals surface area contributed by atoms with Crippen LogP contribution in [-0.4, -0.2) is 26.9 Å². The minimum absolute atomic E-state index is 0.554. The Morgan fingerprint density at radius 2 is 2.29 bits per heavy atom. The highest BCUT2D eigenvalue weighted by Gasteiger charge is 2.04. The van der Waals surface area contributed by atoms with E-state index in [0.717, 1.165) is 5.56 Å². The predicted molar refractivity (Wildman–Crippen MR) is 50.8 cm³/mol. The van der Waals surface area contributed by atoms with Gasteiger partial charge in [0.2, 0.25) is 5.88 Å². The van der Waals surface area contributed by atoms with Gasteiger partial charge in [-0.2, -0.15) is 10.1 Å². The number of nitrogens with zero attached hydrogens (tertiary/aromatic N) is 4. The number of ether oxygens (including phenoxy) is 1. The lowest BCUT2D eigenvalue weighted by molar-refractivity contribution is 0.397. The molecule has 0 aromatic carbocycles. The summed E-state index contributed by atoms with van der Waals surface area (Å²) >= 11 is 0. The summed E-state index contributed by atoms with van der Waals surface area (Å²) in [6.07, 6.45) is 5.23. The second-order valence-corrected chi connectivity index (χ2v) is 2.83. The summed E-state index contributed by atoms with van der Waals surface area (Å²) < 4.78 is 6.71. The topological polar surface area (TPSA) is 52.8 Å².